The van der Waals surface area contributed by atoms with Crippen LogP contribution in [0.4, 0.5) is 4.39 Å². The first-order chi connectivity index (χ1) is 15.8. The molecule has 1 amide bonds. The van der Waals surface area contributed by atoms with Gasteiger partial charge in [-0.3, -0.25) is 9.78 Å². The van der Waals surface area contributed by atoms with E-state index in [0.29, 0.717) is 37.0 Å². The van der Waals surface area contributed by atoms with E-state index in [9.17, 15) is 17.6 Å². The predicted octanol–water partition coefficient (Wildman–Crippen LogP) is 3.64. The number of rotatable bonds is 4. The zero-order valence-corrected chi connectivity index (χ0v) is 19.3. The molecule has 2 aliphatic rings. The summed E-state index contributed by atoms with van der Waals surface area (Å²) in [6, 6.07) is 13.4. The summed E-state index contributed by atoms with van der Waals surface area (Å²) in [7, 11) is -3.75. The maximum atomic E-state index is 13.8. The summed E-state index contributed by atoms with van der Waals surface area (Å²) in [6.45, 7) is 2.98. The van der Waals surface area contributed by atoms with Crippen molar-refractivity contribution in [2.75, 3.05) is 26.2 Å². The molecule has 0 N–H and O–H groups in total. The average Bonchev–Trinajstić information content (AvgIpc) is 2.78. The lowest BCUT2D eigenvalue weighted by atomic mass is 9.63. The number of halogens is 1. The van der Waals surface area contributed by atoms with Gasteiger partial charge in [0.15, 0.2) is 0 Å². The number of nitrogens with zero attached hydrogens (tertiary/aromatic N) is 3. The molecule has 2 fully saturated rings. The van der Waals surface area contributed by atoms with Crippen molar-refractivity contribution in [1.29, 1.82) is 0 Å². The molecule has 6 nitrogen and oxygen atoms in total. The molecule has 0 unspecified atom stereocenters. The molecule has 172 valence electrons. The fraction of sp³-hybridized carbons (Fsp3) is 0.360. The van der Waals surface area contributed by atoms with Crippen LogP contribution in [0.5, 0.6) is 0 Å². The Balaban J connectivity index is 1.35. The van der Waals surface area contributed by atoms with Crippen LogP contribution in [0, 0.1) is 12.7 Å². The average molecular weight is 468 g/mol. The third-order valence-electron chi connectivity index (χ3n) is 6.95. The van der Waals surface area contributed by atoms with Crippen LogP contribution in [0.3, 0.4) is 0 Å². The number of fused-ring (bicyclic) bond motifs is 1. The van der Waals surface area contributed by atoms with Gasteiger partial charge in [0.2, 0.25) is 15.9 Å². The number of para-hydroxylation sites is 1. The van der Waals surface area contributed by atoms with Crippen LogP contribution in [-0.2, 0) is 20.2 Å². The van der Waals surface area contributed by atoms with Crippen LogP contribution in [0.2, 0.25) is 0 Å². The Morgan fingerprint density at radius 3 is 2.42 bits per heavy atom. The predicted molar refractivity (Wildman–Crippen MR) is 124 cm³/mol. The van der Waals surface area contributed by atoms with Gasteiger partial charge in [-0.25, -0.2) is 12.8 Å². The molecule has 0 radical (unpaired) electrons. The molecule has 0 atom stereocenters. The second kappa shape index (κ2) is 8.18. The van der Waals surface area contributed by atoms with Crippen molar-refractivity contribution >= 4 is 26.8 Å². The highest BCUT2D eigenvalue weighted by atomic mass is 32.2. The minimum absolute atomic E-state index is 0.0290. The Morgan fingerprint density at radius 2 is 1.76 bits per heavy atom. The Hall–Kier alpha value is -2.84. The van der Waals surface area contributed by atoms with Crippen molar-refractivity contribution in [3.05, 3.63) is 71.7 Å². The molecule has 2 heterocycles. The van der Waals surface area contributed by atoms with Crippen LogP contribution >= 0.6 is 0 Å². The lowest BCUT2D eigenvalue weighted by Gasteiger charge is -2.45. The smallest absolute Gasteiger partial charge is 0.245 e. The molecule has 0 bridgehead atoms. The van der Waals surface area contributed by atoms with Crippen molar-refractivity contribution in [3.63, 3.8) is 0 Å². The number of benzene rings is 2. The van der Waals surface area contributed by atoms with Gasteiger partial charge in [-0.15, -0.1) is 0 Å². The third kappa shape index (κ3) is 3.71. The minimum Gasteiger partial charge on any atom is -0.339 e. The van der Waals surface area contributed by atoms with Crippen molar-refractivity contribution in [2.24, 2.45) is 0 Å². The summed E-state index contributed by atoms with van der Waals surface area (Å²) in [5.41, 5.74) is 1.44. The zero-order valence-electron chi connectivity index (χ0n) is 18.5. The molecule has 3 aromatic rings. The zero-order chi connectivity index (χ0) is 23.2. The van der Waals surface area contributed by atoms with E-state index < -0.39 is 15.4 Å². The van der Waals surface area contributed by atoms with E-state index in [-0.39, 0.29) is 29.7 Å². The number of carbonyl (C=O) groups is 1. The lowest BCUT2D eigenvalue weighted by Crippen LogP contribution is -2.57. The van der Waals surface area contributed by atoms with Gasteiger partial charge in [0.25, 0.3) is 0 Å². The molecule has 1 saturated carbocycles. The monoisotopic (exact) mass is 467 g/mol. The van der Waals surface area contributed by atoms with E-state index in [4.69, 9.17) is 0 Å². The number of aromatic nitrogens is 1. The Morgan fingerprint density at radius 1 is 1.03 bits per heavy atom. The second-order valence-corrected chi connectivity index (χ2v) is 10.9. The maximum Gasteiger partial charge on any atom is 0.245 e. The number of aryl methyl sites for hydroxylation is 1. The summed E-state index contributed by atoms with van der Waals surface area (Å²) in [6.07, 6.45) is 3.97. The number of pyridine rings is 1. The highest BCUT2D eigenvalue weighted by molar-refractivity contribution is 7.89. The summed E-state index contributed by atoms with van der Waals surface area (Å²) in [4.78, 5) is 19.8. The van der Waals surface area contributed by atoms with Gasteiger partial charge in [0, 0.05) is 37.8 Å². The maximum absolute atomic E-state index is 13.8. The van der Waals surface area contributed by atoms with Gasteiger partial charge in [-0.05, 0) is 55.2 Å². The van der Waals surface area contributed by atoms with Crippen molar-refractivity contribution in [3.8, 4) is 0 Å². The number of hydrogen-bond acceptors (Lipinski definition) is 4. The highest BCUT2D eigenvalue weighted by Gasteiger charge is 2.48. The van der Waals surface area contributed by atoms with Gasteiger partial charge in [-0.2, -0.15) is 4.31 Å². The van der Waals surface area contributed by atoms with E-state index >= 15 is 0 Å². The van der Waals surface area contributed by atoms with Gasteiger partial charge in [0.1, 0.15) is 10.7 Å². The minimum atomic E-state index is -3.75. The molecule has 1 aliphatic heterocycles. The molecule has 1 aromatic heterocycles. The number of hydrogen-bond donors (Lipinski definition) is 0. The number of piperazine rings is 1. The number of amides is 1. The summed E-state index contributed by atoms with van der Waals surface area (Å²) >= 11 is 0. The van der Waals surface area contributed by atoms with Gasteiger partial charge >= 0.3 is 0 Å². The quantitative estimate of drug-likeness (QED) is 0.588. The SMILES string of the molecule is Cc1cnc2c(S(=O)(=O)N3CCN(C(=O)C4(c5cccc(F)c5)CCC4)CC3)cccc2c1. The topological polar surface area (TPSA) is 70.6 Å². The van der Waals surface area contributed by atoms with Crippen LogP contribution in [-0.4, -0.2) is 54.7 Å². The molecule has 2 aromatic carbocycles. The summed E-state index contributed by atoms with van der Waals surface area (Å²) in [5, 5.41) is 0.784. The van der Waals surface area contributed by atoms with E-state index in [2.05, 4.69) is 4.98 Å². The van der Waals surface area contributed by atoms with Gasteiger partial charge in [0.05, 0.1) is 10.9 Å². The Bertz CT molecular complexity index is 1330. The first-order valence-electron chi connectivity index (χ1n) is 11.2. The van der Waals surface area contributed by atoms with Crippen LogP contribution < -0.4 is 0 Å². The molecule has 33 heavy (non-hydrogen) atoms. The molecule has 1 aliphatic carbocycles. The van der Waals surface area contributed by atoms with Crippen molar-refractivity contribution < 1.29 is 17.6 Å². The normalized spacial score (nSPS) is 18.8. The first kappa shape index (κ1) is 22.0. The second-order valence-electron chi connectivity index (χ2n) is 8.98. The van der Waals surface area contributed by atoms with Crippen molar-refractivity contribution in [1.82, 2.24) is 14.2 Å². The summed E-state index contributed by atoms with van der Waals surface area (Å²) in [5.74, 6) is -0.375. The van der Waals surface area contributed by atoms with Gasteiger partial charge < -0.3 is 4.90 Å². The molecular weight excluding hydrogens is 441 g/mol. The van der Waals surface area contributed by atoms with Crippen molar-refractivity contribution in [2.45, 2.75) is 36.5 Å². The number of sulfonamides is 1. The molecular formula is C25H26FN3O3S. The van der Waals surface area contributed by atoms with E-state index in [0.717, 1.165) is 17.4 Å². The largest absolute Gasteiger partial charge is 0.339 e. The van der Waals surface area contributed by atoms with Crippen LogP contribution in [0.15, 0.2) is 59.6 Å². The highest BCUT2D eigenvalue weighted by Crippen LogP contribution is 2.45. The third-order valence-corrected chi connectivity index (χ3v) is 8.88. The number of carbonyl (C=O) groups excluding carboxylic acids is 1. The Kier molecular flexibility index (Phi) is 5.45. The first-order valence-corrected chi connectivity index (χ1v) is 12.7. The lowest BCUT2D eigenvalue weighted by molar-refractivity contribution is -0.142. The van der Waals surface area contributed by atoms with E-state index in [1.54, 1.807) is 29.3 Å². The van der Waals surface area contributed by atoms with Crippen LogP contribution in [0.25, 0.3) is 10.9 Å². The molecule has 1 saturated heterocycles. The van der Waals surface area contributed by atoms with E-state index in [1.807, 2.05) is 25.1 Å². The molecule has 8 heteroatoms. The fourth-order valence-corrected chi connectivity index (χ4v) is 6.55. The Labute approximate surface area is 193 Å². The van der Waals surface area contributed by atoms with E-state index in [1.165, 1.54) is 16.4 Å². The molecule has 0 spiro atoms. The standard InChI is InChI=1S/C25H26FN3O3S/c1-18-15-19-5-2-8-22(23(19)27-17-18)33(31,32)29-13-11-28(12-14-29)24(30)25(9-4-10-25)20-6-3-7-21(26)16-20/h2-3,5-8,15-17H,4,9-14H2,1H3. The van der Waals surface area contributed by atoms with Crippen LogP contribution in [0.1, 0.15) is 30.4 Å². The summed E-state index contributed by atoms with van der Waals surface area (Å²) < 4.78 is 42.1. The molecule has 5 rings (SSSR count). The fourth-order valence-electron chi connectivity index (χ4n) is 4.97. The van der Waals surface area contributed by atoms with Gasteiger partial charge in [-0.1, -0.05) is 30.7 Å².